The number of benzene rings is 2. The van der Waals surface area contributed by atoms with Gasteiger partial charge in [-0.15, -0.1) is 11.3 Å². The van der Waals surface area contributed by atoms with Crippen LogP contribution in [0.25, 0.3) is 11.3 Å². The lowest BCUT2D eigenvalue weighted by Crippen LogP contribution is -2.31. The minimum absolute atomic E-state index is 0.0662. The normalized spacial score (nSPS) is 11.7. The van der Waals surface area contributed by atoms with E-state index in [-0.39, 0.29) is 12.1 Å². The Hall–Kier alpha value is -2.86. The third kappa shape index (κ3) is 3.91. The number of hydrogen-bond acceptors (Lipinski definition) is 4. The second kappa shape index (κ2) is 7.14. The molecular formula is C18H18N4OS. The number of aromatic nitrogens is 1. The zero-order valence-corrected chi connectivity index (χ0v) is 14.0. The van der Waals surface area contributed by atoms with Crippen molar-refractivity contribution in [3.05, 3.63) is 65.5 Å². The number of nitrogens with two attached hydrogens (primary N) is 1. The lowest BCUT2D eigenvalue weighted by atomic mass is 10.1. The Morgan fingerprint density at radius 2 is 1.83 bits per heavy atom. The van der Waals surface area contributed by atoms with Gasteiger partial charge in [0.1, 0.15) is 0 Å². The summed E-state index contributed by atoms with van der Waals surface area (Å²) >= 11 is 1.41. The molecule has 4 N–H and O–H groups in total. The minimum atomic E-state index is -0.239. The number of rotatable bonds is 4. The molecular weight excluding hydrogens is 320 g/mol. The monoisotopic (exact) mass is 338 g/mol. The zero-order chi connectivity index (χ0) is 16.9. The van der Waals surface area contributed by atoms with Crippen LogP contribution >= 0.6 is 11.3 Å². The van der Waals surface area contributed by atoms with Crippen LogP contribution in [0.15, 0.2) is 60.0 Å². The van der Waals surface area contributed by atoms with Crippen molar-refractivity contribution in [3.63, 3.8) is 0 Å². The molecule has 2 amide bonds. The van der Waals surface area contributed by atoms with Crippen LogP contribution in [0.5, 0.6) is 0 Å². The first-order valence-electron chi connectivity index (χ1n) is 7.56. The summed E-state index contributed by atoms with van der Waals surface area (Å²) in [5, 5.41) is 8.20. The maximum atomic E-state index is 12.1. The van der Waals surface area contributed by atoms with Crippen LogP contribution in [0, 0.1) is 0 Å². The summed E-state index contributed by atoms with van der Waals surface area (Å²) in [5.41, 5.74) is 9.23. The van der Waals surface area contributed by atoms with Crippen molar-refractivity contribution in [1.29, 1.82) is 0 Å². The average molecular weight is 338 g/mol. The summed E-state index contributed by atoms with van der Waals surface area (Å²) in [6.07, 6.45) is 0. The number of thiazole rings is 1. The van der Waals surface area contributed by atoms with Gasteiger partial charge in [0.15, 0.2) is 5.13 Å². The summed E-state index contributed by atoms with van der Waals surface area (Å²) in [5.74, 6) is 0. The predicted octanol–water partition coefficient (Wildman–Crippen LogP) is 4.28. The number of amides is 2. The molecule has 0 saturated carbocycles. The molecule has 0 unspecified atom stereocenters. The van der Waals surface area contributed by atoms with Gasteiger partial charge in [-0.05, 0) is 24.6 Å². The van der Waals surface area contributed by atoms with E-state index < -0.39 is 0 Å². The molecule has 122 valence electrons. The highest BCUT2D eigenvalue weighted by Crippen LogP contribution is 2.24. The SMILES string of the molecule is C[C@H](NC(=O)Nc1ccc(-c2csc(N)n2)cc1)c1ccccc1. The van der Waals surface area contributed by atoms with Gasteiger partial charge in [0.2, 0.25) is 0 Å². The molecule has 6 heteroatoms. The molecule has 0 saturated heterocycles. The van der Waals surface area contributed by atoms with E-state index in [0.717, 1.165) is 22.5 Å². The van der Waals surface area contributed by atoms with Gasteiger partial charge >= 0.3 is 6.03 Å². The number of urea groups is 1. The first-order valence-corrected chi connectivity index (χ1v) is 8.43. The lowest BCUT2D eigenvalue weighted by molar-refractivity contribution is 0.249. The molecule has 0 bridgehead atoms. The molecule has 0 spiro atoms. The molecule has 0 aliphatic heterocycles. The molecule has 5 nitrogen and oxygen atoms in total. The van der Waals surface area contributed by atoms with E-state index in [1.165, 1.54) is 11.3 Å². The van der Waals surface area contributed by atoms with E-state index in [1.54, 1.807) is 0 Å². The quantitative estimate of drug-likeness (QED) is 0.664. The smallest absolute Gasteiger partial charge is 0.319 e. The first-order chi connectivity index (χ1) is 11.6. The predicted molar refractivity (Wildman–Crippen MR) is 99.0 cm³/mol. The van der Waals surface area contributed by atoms with Gasteiger partial charge in [-0.25, -0.2) is 9.78 Å². The number of nitrogens with one attached hydrogen (secondary N) is 2. The van der Waals surface area contributed by atoms with E-state index in [4.69, 9.17) is 5.73 Å². The fraction of sp³-hybridized carbons (Fsp3) is 0.111. The van der Waals surface area contributed by atoms with Gasteiger partial charge < -0.3 is 16.4 Å². The topological polar surface area (TPSA) is 80.0 Å². The summed E-state index contributed by atoms with van der Waals surface area (Å²) in [4.78, 5) is 16.3. The Labute approximate surface area is 144 Å². The number of nitrogens with zero attached hydrogens (tertiary/aromatic N) is 1. The summed E-state index contributed by atoms with van der Waals surface area (Å²) in [6, 6.07) is 17.0. The van der Waals surface area contributed by atoms with Crippen molar-refractivity contribution in [2.75, 3.05) is 11.1 Å². The summed E-state index contributed by atoms with van der Waals surface area (Å²) in [7, 11) is 0. The maximum Gasteiger partial charge on any atom is 0.319 e. The van der Waals surface area contributed by atoms with Crippen molar-refractivity contribution in [1.82, 2.24) is 10.3 Å². The van der Waals surface area contributed by atoms with Crippen LogP contribution in [0.1, 0.15) is 18.5 Å². The van der Waals surface area contributed by atoms with Crippen LogP contribution in [-0.4, -0.2) is 11.0 Å². The standard InChI is InChI=1S/C18H18N4OS/c1-12(13-5-3-2-4-6-13)20-18(23)21-15-9-7-14(8-10-15)16-11-24-17(19)22-16/h2-12H,1H3,(H2,19,22)(H2,20,21,23)/t12-/m0/s1. The fourth-order valence-corrected chi connectivity index (χ4v) is 2.91. The largest absolute Gasteiger partial charge is 0.375 e. The second-order valence-electron chi connectivity index (χ2n) is 5.38. The van der Waals surface area contributed by atoms with Gasteiger partial charge in [0.25, 0.3) is 0 Å². The molecule has 0 radical (unpaired) electrons. The number of nitrogen functional groups attached to an aromatic ring is 1. The fourth-order valence-electron chi connectivity index (χ4n) is 2.33. The van der Waals surface area contributed by atoms with Crippen LogP contribution in [0.2, 0.25) is 0 Å². The van der Waals surface area contributed by atoms with Gasteiger partial charge in [-0.3, -0.25) is 0 Å². The number of anilines is 2. The highest BCUT2D eigenvalue weighted by Gasteiger charge is 2.09. The van der Waals surface area contributed by atoms with Crippen molar-refractivity contribution in [3.8, 4) is 11.3 Å². The van der Waals surface area contributed by atoms with Crippen molar-refractivity contribution < 1.29 is 4.79 Å². The maximum absolute atomic E-state index is 12.1. The van der Waals surface area contributed by atoms with Crippen LogP contribution < -0.4 is 16.4 Å². The van der Waals surface area contributed by atoms with E-state index in [9.17, 15) is 4.79 Å². The Balaban J connectivity index is 1.60. The van der Waals surface area contributed by atoms with Gasteiger partial charge in [0.05, 0.1) is 11.7 Å². The van der Waals surface area contributed by atoms with Gasteiger partial charge in [-0.2, -0.15) is 0 Å². The molecule has 3 aromatic rings. The van der Waals surface area contributed by atoms with Crippen molar-refractivity contribution in [2.24, 2.45) is 0 Å². The van der Waals surface area contributed by atoms with Crippen LogP contribution in [0.3, 0.4) is 0 Å². The lowest BCUT2D eigenvalue weighted by Gasteiger charge is -2.15. The Bertz CT molecular complexity index is 815. The van der Waals surface area contributed by atoms with Crippen LogP contribution in [-0.2, 0) is 0 Å². The van der Waals surface area contributed by atoms with Gasteiger partial charge in [0, 0.05) is 16.6 Å². The second-order valence-corrected chi connectivity index (χ2v) is 6.27. The molecule has 0 fully saturated rings. The number of hydrogen-bond donors (Lipinski definition) is 3. The van der Waals surface area contributed by atoms with E-state index in [0.29, 0.717) is 5.13 Å². The first kappa shape index (κ1) is 16.0. The molecule has 0 aliphatic rings. The van der Waals surface area contributed by atoms with Crippen molar-refractivity contribution >= 4 is 28.2 Å². The summed E-state index contributed by atoms with van der Waals surface area (Å²) < 4.78 is 0. The Kier molecular flexibility index (Phi) is 4.77. The molecule has 1 heterocycles. The van der Waals surface area contributed by atoms with Crippen LogP contribution in [0.4, 0.5) is 15.6 Å². The van der Waals surface area contributed by atoms with E-state index in [2.05, 4.69) is 15.6 Å². The Morgan fingerprint density at radius 3 is 2.46 bits per heavy atom. The minimum Gasteiger partial charge on any atom is -0.375 e. The third-order valence-electron chi connectivity index (χ3n) is 3.61. The number of carbonyl (C=O) groups is 1. The number of carbonyl (C=O) groups excluding carboxylic acids is 1. The zero-order valence-electron chi connectivity index (χ0n) is 13.2. The molecule has 24 heavy (non-hydrogen) atoms. The van der Waals surface area contributed by atoms with E-state index in [1.807, 2.05) is 66.9 Å². The molecule has 0 aliphatic carbocycles. The highest BCUT2D eigenvalue weighted by molar-refractivity contribution is 7.13. The Morgan fingerprint density at radius 1 is 1.12 bits per heavy atom. The molecule has 3 rings (SSSR count). The third-order valence-corrected chi connectivity index (χ3v) is 4.28. The van der Waals surface area contributed by atoms with E-state index >= 15 is 0 Å². The van der Waals surface area contributed by atoms with Crippen molar-refractivity contribution in [2.45, 2.75) is 13.0 Å². The molecule has 2 aromatic carbocycles. The average Bonchev–Trinajstić information content (AvgIpc) is 3.02. The molecule has 1 aromatic heterocycles. The van der Waals surface area contributed by atoms with Gasteiger partial charge in [-0.1, -0.05) is 42.5 Å². The molecule has 1 atom stereocenters. The highest BCUT2D eigenvalue weighted by atomic mass is 32.1. The summed E-state index contributed by atoms with van der Waals surface area (Å²) in [6.45, 7) is 1.95.